The smallest absolute Gasteiger partial charge is 0.210 e. The van der Waals surface area contributed by atoms with Crippen LogP contribution in [0.4, 0.5) is 10.3 Å². The summed E-state index contributed by atoms with van der Waals surface area (Å²) >= 11 is 0. The van der Waals surface area contributed by atoms with Gasteiger partial charge in [-0.15, -0.1) is 10.2 Å². The number of nitrogens with zero attached hydrogens (tertiary/aromatic N) is 4. The third-order valence-electron chi connectivity index (χ3n) is 5.80. The van der Waals surface area contributed by atoms with Gasteiger partial charge in [0.25, 0.3) is 0 Å². The molecule has 0 amide bonds. The number of fused-ring (bicyclic) bond motifs is 4. The molecule has 2 atom stereocenters. The van der Waals surface area contributed by atoms with Crippen LogP contribution in [0.1, 0.15) is 23.5 Å². The Labute approximate surface area is 171 Å². The Bertz CT molecular complexity index is 1270. The quantitative estimate of drug-likeness (QED) is 0.546. The minimum Gasteiger partial charge on any atom is -0.497 e. The number of halogens is 1. The molecule has 2 aromatic carbocycles. The Morgan fingerprint density at radius 1 is 1.23 bits per heavy atom. The predicted octanol–water partition coefficient (Wildman–Crippen LogP) is 3.80. The van der Waals surface area contributed by atoms with Crippen LogP contribution >= 0.6 is 0 Å². The summed E-state index contributed by atoms with van der Waals surface area (Å²) in [6.07, 6.45) is 4.53. The molecule has 1 N–H and O–H groups in total. The van der Waals surface area contributed by atoms with E-state index in [0.717, 1.165) is 34.6 Å². The van der Waals surface area contributed by atoms with Crippen molar-refractivity contribution in [2.24, 2.45) is 0 Å². The van der Waals surface area contributed by atoms with E-state index in [1.807, 2.05) is 24.3 Å². The largest absolute Gasteiger partial charge is 0.497 e. The Balaban J connectivity index is 1.33. The molecule has 1 saturated carbocycles. The van der Waals surface area contributed by atoms with Gasteiger partial charge in [0.1, 0.15) is 29.7 Å². The number of hydrogen-bond donors (Lipinski definition) is 1. The maximum atomic E-state index is 14.6. The van der Waals surface area contributed by atoms with Crippen molar-refractivity contribution >= 4 is 11.6 Å². The summed E-state index contributed by atoms with van der Waals surface area (Å²) in [4.78, 5) is 4.55. The van der Waals surface area contributed by atoms with Gasteiger partial charge in [0, 0.05) is 35.3 Å². The first-order valence-electron chi connectivity index (χ1n) is 9.78. The highest BCUT2D eigenvalue weighted by Crippen LogP contribution is 2.55. The highest BCUT2D eigenvalue weighted by molar-refractivity contribution is 5.77. The van der Waals surface area contributed by atoms with Crippen LogP contribution in [-0.4, -0.2) is 32.8 Å². The standard InChI is InChI=1S/C22H18FN5O2/c1-29-13-4-2-12(3-5-13)15-9-24-22(28-11-26-27-21(15)28)25-10-16-17(23)6-7-18-20(16)14-8-19(14)30-18/h2-7,9,11,14,19H,8,10H2,1H3,(H,24,25). The molecule has 0 spiro atoms. The van der Waals surface area contributed by atoms with Crippen LogP contribution in [-0.2, 0) is 6.54 Å². The summed E-state index contributed by atoms with van der Waals surface area (Å²) in [7, 11) is 1.63. The molecule has 1 aliphatic heterocycles. The second-order valence-electron chi connectivity index (χ2n) is 7.54. The number of anilines is 1. The predicted molar refractivity (Wildman–Crippen MR) is 108 cm³/mol. The van der Waals surface area contributed by atoms with Gasteiger partial charge in [-0.2, -0.15) is 0 Å². The zero-order chi connectivity index (χ0) is 20.2. The van der Waals surface area contributed by atoms with Gasteiger partial charge < -0.3 is 14.8 Å². The number of methoxy groups -OCH3 is 1. The van der Waals surface area contributed by atoms with E-state index < -0.39 is 0 Å². The molecule has 2 unspecified atom stereocenters. The van der Waals surface area contributed by atoms with Gasteiger partial charge in [0.2, 0.25) is 5.95 Å². The average molecular weight is 403 g/mol. The van der Waals surface area contributed by atoms with Crippen molar-refractivity contribution in [3.63, 3.8) is 0 Å². The van der Waals surface area contributed by atoms with Gasteiger partial charge in [-0.05, 0) is 36.2 Å². The molecule has 8 heteroatoms. The first-order chi connectivity index (χ1) is 14.7. The molecule has 1 fully saturated rings. The van der Waals surface area contributed by atoms with Crippen LogP contribution in [0, 0.1) is 5.82 Å². The zero-order valence-corrected chi connectivity index (χ0v) is 16.2. The van der Waals surface area contributed by atoms with Crippen molar-refractivity contribution in [2.75, 3.05) is 12.4 Å². The molecular weight excluding hydrogens is 385 g/mol. The Kier molecular flexibility index (Phi) is 3.68. The molecule has 6 rings (SSSR count). The molecular formula is C22H18FN5O2. The molecule has 1 aliphatic carbocycles. The summed E-state index contributed by atoms with van der Waals surface area (Å²) in [5.74, 6) is 2.21. The van der Waals surface area contributed by atoms with Crippen LogP contribution in [0.3, 0.4) is 0 Å². The topological polar surface area (TPSA) is 73.6 Å². The van der Waals surface area contributed by atoms with E-state index in [4.69, 9.17) is 9.47 Å². The van der Waals surface area contributed by atoms with Gasteiger partial charge in [-0.3, -0.25) is 4.40 Å². The minimum absolute atomic E-state index is 0.215. The molecule has 3 heterocycles. The van der Waals surface area contributed by atoms with E-state index in [1.165, 1.54) is 6.07 Å². The fraction of sp³-hybridized carbons (Fsp3) is 0.227. The van der Waals surface area contributed by atoms with Crippen molar-refractivity contribution in [1.82, 2.24) is 19.6 Å². The number of nitrogens with one attached hydrogen (secondary N) is 1. The number of benzene rings is 2. The van der Waals surface area contributed by atoms with E-state index in [1.54, 1.807) is 30.1 Å². The van der Waals surface area contributed by atoms with Crippen molar-refractivity contribution in [3.8, 4) is 22.6 Å². The normalized spacial score (nSPS) is 18.6. The van der Waals surface area contributed by atoms with Crippen molar-refractivity contribution < 1.29 is 13.9 Å². The monoisotopic (exact) mass is 403 g/mol. The fourth-order valence-electron chi connectivity index (χ4n) is 4.17. The van der Waals surface area contributed by atoms with Gasteiger partial charge in [-0.25, -0.2) is 9.37 Å². The number of ether oxygens (including phenoxy) is 2. The lowest BCUT2D eigenvalue weighted by molar-refractivity contribution is 0.318. The van der Waals surface area contributed by atoms with Crippen LogP contribution in [0.15, 0.2) is 48.9 Å². The number of hydrogen-bond acceptors (Lipinski definition) is 6. The van der Waals surface area contributed by atoms with Crippen molar-refractivity contribution in [3.05, 3.63) is 65.9 Å². The van der Waals surface area contributed by atoms with E-state index in [2.05, 4.69) is 20.5 Å². The van der Waals surface area contributed by atoms with Crippen molar-refractivity contribution in [2.45, 2.75) is 25.0 Å². The molecule has 4 aromatic rings. The average Bonchev–Trinajstić information content (AvgIpc) is 3.19. The third-order valence-corrected chi connectivity index (χ3v) is 5.80. The van der Waals surface area contributed by atoms with Gasteiger partial charge >= 0.3 is 0 Å². The Morgan fingerprint density at radius 3 is 2.93 bits per heavy atom. The zero-order valence-electron chi connectivity index (χ0n) is 16.2. The second-order valence-corrected chi connectivity index (χ2v) is 7.54. The van der Waals surface area contributed by atoms with Crippen LogP contribution in [0.5, 0.6) is 11.5 Å². The van der Waals surface area contributed by atoms with Crippen molar-refractivity contribution in [1.29, 1.82) is 0 Å². The van der Waals surface area contributed by atoms with Crippen LogP contribution in [0.2, 0.25) is 0 Å². The van der Waals surface area contributed by atoms with Crippen LogP contribution < -0.4 is 14.8 Å². The van der Waals surface area contributed by atoms with Gasteiger partial charge in [-0.1, -0.05) is 12.1 Å². The van der Waals surface area contributed by atoms with Gasteiger partial charge in [0.05, 0.1) is 7.11 Å². The highest BCUT2D eigenvalue weighted by atomic mass is 19.1. The SMILES string of the molecule is COc1ccc(-c2cnc(NCc3c(F)ccc4c3C3CC3O4)n3cnnc23)cc1. The highest BCUT2D eigenvalue weighted by Gasteiger charge is 2.49. The second kappa shape index (κ2) is 6.41. The molecule has 30 heavy (non-hydrogen) atoms. The molecule has 2 aromatic heterocycles. The minimum atomic E-state index is -0.229. The lowest BCUT2D eigenvalue weighted by atomic mass is 10.0. The summed E-state index contributed by atoms with van der Waals surface area (Å²) in [5.41, 5.74) is 4.10. The molecule has 150 valence electrons. The maximum absolute atomic E-state index is 14.6. The third kappa shape index (κ3) is 2.60. The summed E-state index contributed by atoms with van der Waals surface area (Å²) in [5, 5.41) is 11.6. The van der Waals surface area contributed by atoms with Crippen LogP contribution in [0.25, 0.3) is 16.8 Å². The van der Waals surface area contributed by atoms with E-state index in [-0.39, 0.29) is 11.9 Å². The molecule has 0 radical (unpaired) electrons. The molecule has 7 nitrogen and oxygen atoms in total. The molecule has 2 aliphatic rings. The summed E-state index contributed by atoms with van der Waals surface area (Å²) < 4.78 is 27.4. The summed E-state index contributed by atoms with van der Waals surface area (Å²) in [6, 6.07) is 10.9. The Morgan fingerprint density at radius 2 is 2.10 bits per heavy atom. The lowest BCUT2D eigenvalue weighted by Crippen LogP contribution is -2.10. The van der Waals surface area contributed by atoms with E-state index in [9.17, 15) is 4.39 Å². The lowest BCUT2D eigenvalue weighted by Gasteiger charge is -2.14. The van der Waals surface area contributed by atoms with E-state index >= 15 is 0 Å². The fourth-order valence-corrected chi connectivity index (χ4v) is 4.17. The van der Waals surface area contributed by atoms with Gasteiger partial charge in [0.15, 0.2) is 5.65 Å². The first-order valence-corrected chi connectivity index (χ1v) is 9.78. The first kappa shape index (κ1) is 17.2. The summed E-state index contributed by atoms with van der Waals surface area (Å²) in [6.45, 7) is 0.309. The Hall–Kier alpha value is -3.68. The maximum Gasteiger partial charge on any atom is 0.210 e. The molecule has 0 bridgehead atoms. The number of rotatable bonds is 5. The molecule has 0 saturated heterocycles. The number of aromatic nitrogens is 4. The van der Waals surface area contributed by atoms with E-state index in [0.29, 0.717) is 29.6 Å².